The molecule has 2 saturated heterocycles. The standard InChI is InChI=1S/C19H21N7/c1-13-2-7-21-19(24-13)25-8-4-14-5-9-26(17(14)11-25)18-15-3-6-20-10-16(15)22-12-23-18/h2-3,6-7,10,12,14,17H,4-5,8-9,11H2,1H3. The van der Waals surface area contributed by atoms with Crippen molar-refractivity contribution in [1.29, 1.82) is 0 Å². The molecular weight excluding hydrogens is 326 g/mol. The van der Waals surface area contributed by atoms with Gasteiger partial charge in [-0.05, 0) is 37.8 Å². The summed E-state index contributed by atoms with van der Waals surface area (Å²) in [5.74, 6) is 2.56. The van der Waals surface area contributed by atoms with Crippen LogP contribution in [0.3, 0.4) is 0 Å². The Hall–Kier alpha value is -2.83. The second kappa shape index (κ2) is 6.16. The monoisotopic (exact) mass is 347 g/mol. The molecule has 0 bridgehead atoms. The molecule has 26 heavy (non-hydrogen) atoms. The highest BCUT2D eigenvalue weighted by molar-refractivity contribution is 5.88. The van der Waals surface area contributed by atoms with E-state index >= 15 is 0 Å². The number of nitrogens with zero attached hydrogens (tertiary/aromatic N) is 7. The third-order valence-corrected chi connectivity index (χ3v) is 5.62. The number of hydrogen-bond acceptors (Lipinski definition) is 7. The van der Waals surface area contributed by atoms with E-state index < -0.39 is 0 Å². The second-order valence-electron chi connectivity index (χ2n) is 7.13. The first-order valence-corrected chi connectivity index (χ1v) is 9.15. The maximum Gasteiger partial charge on any atom is 0.225 e. The summed E-state index contributed by atoms with van der Waals surface area (Å²) < 4.78 is 0. The Morgan fingerprint density at radius 1 is 1.04 bits per heavy atom. The summed E-state index contributed by atoms with van der Waals surface area (Å²) in [6.07, 6.45) is 9.50. The molecule has 2 atom stereocenters. The minimum Gasteiger partial charge on any atom is -0.351 e. The zero-order valence-electron chi connectivity index (χ0n) is 14.8. The van der Waals surface area contributed by atoms with Crippen molar-refractivity contribution in [2.24, 2.45) is 5.92 Å². The molecule has 0 aromatic carbocycles. The molecule has 2 aliphatic rings. The van der Waals surface area contributed by atoms with Crippen LogP contribution < -0.4 is 9.80 Å². The molecular formula is C19H21N7. The van der Waals surface area contributed by atoms with E-state index in [0.29, 0.717) is 12.0 Å². The molecule has 3 aromatic rings. The molecule has 2 fully saturated rings. The number of aromatic nitrogens is 5. The van der Waals surface area contributed by atoms with Gasteiger partial charge in [-0.25, -0.2) is 19.9 Å². The highest BCUT2D eigenvalue weighted by Gasteiger charge is 2.40. The first-order chi connectivity index (χ1) is 12.8. The molecule has 0 radical (unpaired) electrons. The number of fused-ring (bicyclic) bond motifs is 2. The first kappa shape index (κ1) is 15.4. The van der Waals surface area contributed by atoms with Crippen molar-refractivity contribution in [1.82, 2.24) is 24.9 Å². The van der Waals surface area contributed by atoms with Crippen molar-refractivity contribution in [3.8, 4) is 0 Å². The van der Waals surface area contributed by atoms with Crippen LogP contribution in [-0.2, 0) is 0 Å². The zero-order chi connectivity index (χ0) is 17.5. The van der Waals surface area contributed by atoms with Crippen molar-refractivity contribution in [3.63, 3.8) is 0 Å². The van der Waals surface area contributed by atoms with Gasteiger partial charge in [-0.1, -0.05) is 0 Å². The topological polar surface area (TPSA) is 70.9 Å². The molecule has 0 spiro atoms. The maximum absolute atomic E-state index is 4.63. The smallest absolute Gasteiger partial charge is 0.225 e. The van der Waals surface area contributed by atoms with Gasteiger partial charge in [-0.3, -0.25) is 4.98 Å². The van der Waals surface area contributed by atoms with Gasteiger partial charge in [-0.15, -0.1) is 0 Å². The minimum absolute atomic E-state index is 0.430. The summed E-state index contributed by atoms with van der Waals surface area (Å²) in [5.41, 5.74) is 1.91. The van der Waals surface area contributed by atoms with Gasteiger partial charge >= 0.3 is 0 Å². The third kappa shape index (κ3) is 2.55. The summed E-state index contributed by atoms with van der Waals surface area (Å²) in [5, 5.41) is 1.08. The fraction of sp³-hybridized carbons (Fsp3) is 0.421. The summed E-state index contributed by atoms with van der Waals surface area (Å²) in [4.78, 5) is 27.1. The van der Waals surface area contributed by atoms with Gasteiger partial charge in [0.25, 0.3) is 0 Å². The van der Waals surface area contributed by atoms with Gasteiger partial charge in [0, 0.05) is 43.1 Å². The van der Waals surface area contributed by atoms with Crippen LogP contribution in [0, 0.1) is 12.8 Å². The Labute approximate surface area is 152 Å². The van der Waals surface area contributed by atoms with Crippen LogP contribution in [0.2, 0.25) is 0 Å². The predicted molar refractivity (Wildman–Crippen MR) is 100 cm³/mol. The molecule has 0 saturated carbocycles. The molecule has 132 valence electrons. The van der Waals surface area contributed by atoms with Crippen LogP contribution in [0.4, 0.5) is 11.8 Å². The number of piperidine rings is 1. The SMILES string of the molecule is Cc1ccnc(N2CCC3CCN(c4ncnc5cnccc45)C3C2)n1. The van der Waals surface area contributed by atoms with Gasteiger partial charge in [0.2, 0.25) is 5.95 Å². The fourth-order valence-corrected chi connectivity index (χ4v) is 4.30. The average molecular weight is 347 g/mol. The fourth-order valence-electron chi connectivity index (χ4n) is 4.30. The number of hydrogen-bond donors (Lipinski definition) is 0. The van der Waals surface area contributed by atoms with Crippen LogP contribution in [0.25, 0.3) is 10.9 Å². The largest absolute Gasteiger partial charge is 0.351 e. The molecule has 7 heteroatoms. The van der Waals surface area contributed by atoms with E-state index in [1.165, 1.54) is 12.8 Å². The Bertz CT molecular complexity index is 939. The lowest BCUT2D eigenvalue weighted by molar-refractivity contribution is 0.387. The third-order valence-electron chi connectivity index (χ3n) is 5.62. The van der Waals surface area contributed by atoms with Crippen LogP contribution >= 0.6 is 0 Å². The van der Waals surface area contributed by atoms with Gasteiger partial charge in [0.15, 0.2) is 0 Å². The van der Waals surface area contributed by atoms with Crippen molar-refractivity contribution < 1.29 is 0 Å². The summed E-state index contributed by atoms with van der Waals surface area (Å²) in [6.45, 7) is 5.00. The zero-order valence-corrected chi connectivity index (χ0v) is 14.8. The summed E-state index contributed by atoms with van der Waals surface area (Å²) >= 11 is 0. The van der Waals surface area contributed by atoms with Gasteiger partial charge in [-0.2, -0.15) is 0 Å². The Kier molecular flexibility index (Phi) is 3.65. The molecule has 0 amide bonds. The van der Waals surface area contributed by atoms with Gasteiger partial charge in [0.05, 0.1) is 17.8 Å². The van der Waals surface area contributed by atoms with Crippen LogP contribution in [0.5, 0.6) is 0 Å². The summed E-state index contributed by atoms with van der Waals surface area (Å²) in [7, 11) is 0. The van der Waals surface area contributed by atoms with Crippen LogP contribution in [-0.4, -0.2) is 50.6 Å². The Morgan fingerprint density at radius 2 is 1.96 bits per heavy atom. The van der Waals surface area contributed by atoms with E-state index in [-0.39, 0.29) is 0 Å². The van der Waals surface area contributed by atoms with Gasteiger partial charge < -0.3 is 9.80 Å². The molecule has 3 aromatic heterocycles. The average Bonchev–Trinajstić information content (AvgIpc) is 3.10. The lowest BCUT2D eigenvalue weighted by Gasteiger charge is -2.39. The summed E-state index contributed by atoms with van der Waals surface area (Å²) in [6, 6.07) is 4.39. The van der Waals surface area contributed by atoms with E-state index in [9.17, 15) is 0 Å². The quantitative estimate of drug-likeness (QED) is 0.704. The highest BCUT2D eigenvalue weighted by Crippen LogP contribution is 2.37. The number of pyridine rings is 1. The van der Waals surface area contributed by atoms with E-state index in [1.54, 1.807) is 6.33 Å². The number of anilines is 2. The van der Waals surface area contributed by atoms with E-state index in [1.807, 2.05) is 37.6 Å². The van der Waals surface area contributed by atoms with Crippen molar-refractivity contribution >= 4 is 22.7 Å². The highest BCUT2D eigenvalue weighted by atomic mass is 15.3. The molecule has 5 rings (SSSR count). The number of rotatable bonds is 2. The van der Waals surface area contributed by atoms with E-state index in [0.717, 1.165) is 48.0 Å². The lowest BCUT2D eigenvalue weighted by Crippen LogP contribution is -2.49. The molecule has 0 N–H and O–H groups in total. The Morgan fingerprint density at radius 3 is 2.88 bits per heavy atom. The van der Waals surface area contributed by atoms with Crippen LogP contribution in [0.15, 0.2) is 37.1 Å². The van der Waals surface area contributed by atoms with Crippen molar-refractivity contribution in [2.75, 3.05) is 29.4 Å². The van der Waals surface area contributed by atoms with E-state index in [4.69, 9.17) is 0 Å². The van der Waals surface area contributed by atoms with Crippen molar-refractivity contribution in [2.45, 2.75) is 25.8 Å². The molecule has 2 aliphatic heterocycles. The van der Waals surface area contributed by atoms with Crippen molar-refractivity contribution in [3.05, 3.63) is 42.7 Å². The predicted octanol–water partition coefficient (Wildman–Crippen LogP) is 2.23. The van der Waals surface area contributed by atoms with Crippen LogP contribution in [0.1, 0.15) is 18.5 Å². The molecule has 7 nitrogen and oxygen atoms in total. The molecule has 5 heterocycles. The number of aryl methyl sites for hydroxylation is 1. The maximum atomic E-state index is 4.63. The molecule has 2 unspecified atom stereocenters. The minimum atomic E-state index is 0.430. The van der Waals surface area contributed by atoms with Gasteiger partial charge in [0.1, 0.15) is 12.1 Å². The second-order valence-corrected chi connectivity index (χ2v) is 7.13. The van der Waals surface area contributed by atoms with E-state index in [2.05, 4.69) is 34.7 Å². The Balaban J connectivity index is 1.48. The lowest BCUT2D eigenvalue weighted by atomic mass is 9.92. The molecule has 0 aliphatic carbocycles. The normalized spacial score (nSPS) is 22.7. The first-order valence-electron chi connectivity index (χ1n) is 9.15.